The summed E-state index contributed by atoms with van der Waals surface area (Å²) in [5.74, 6) is 0. The second-order valence-corrected chi connectivity index (χ2v) is 3.80. The second kappa shape index (κ2) is 6.40. The second-order valence-electron chi connectivity index (χ2n) is 3.80. The lowest BCUT2D eigenvalue weighted by atomic mass is 10.0. The van der Waals surface area contributed by atoms with E-state index >= 15 is 0 Å². The lowest BCUT2D eigenvalue weighted by molar-refractivity contribution is -0.256. The summed E-state index contributed by atoms with van der Waals surface area (Å²) >= 11 is 0. The Morgan fingerprint density at radius 1 is 1.40 bits per heavy atom. The molecule has 1 saturated heterocycles. The first-order chi connectivity index (χ1) is 7.19. The summed E-state index contributed by atoms with van der Waals surface area (Å²) < 4.78 is 10.7. The Labute approximate surface area is 89.6 Å². The molecule has 0 spiro atoms. The van der Waals surface area contributed by atoms with E-state index in [4.69, 9.17) is 14.6 Å². The van der Waals surface area contributed by atoms with E-state index in [-0.39, 0.29) is 13.0 Å². The van der Waals surface area contributed by atoms with Crippen LogP contribution in [0.1, 0.15) is 26.2 Å². The van der Waals surface area contributed by atoms with Gasteiger partial charge in [-0.15, -0.1) is 0 Å². The largest absolute Gasteiger partial charge is 0.394 e. The average molecular weight is 220 g/mol. The monoisotopic (exact) mass is 220 g/mol. The molecular formula is C10H20O5. The van der Waals surface area contributed by atoms with E-state index in [1.807, 2.05) is 0 Å². The molecule has 1 aliphatic heterocycles. The first-order valence-corrected chi connectivity index (χ1v) is 5.43. The molecule has 0 unspecified atom stereocenters. The van der Waals surface area contributed by atoms with Gasteiger partial charge in [-0.25, -0.2) is 0 Å². The van der Waals surface area contributed by atoms with Crippen LogP contribution in [0.3, 0.4) is 0 Å². The van der Waals surface area contributed by atoms with Crippen molar-refractivity contribution in [2.24, 2.45) is 0 Å². The maximum Gasteiger partial charge on any atom is 0.160 e. The highest BCUT2D eigenvalue weighted by Crippen LogP contribution is 2.21. The smallest absolute Gasteiger partial charge is 0.160 e. The molecule has 1 heterocycles. The van der Waals surface area contributed by atoms with Gasteiger partial charge in [-0.1, -0.05) is 13.3 Å². The van der Waals surface area contributed by atoms with Gasteiger partial charge in [0.1, 0.15) is 12.2 Å². The Kier molecular flexibility index (Phi) is 5.49. The predicted octanol–water partition coefficient (Wildman–Crippen LogP) is -0.368. The lowest BCUT2D eigenvalue weighted by Gasteiger charge is -2.36. The van der Waals surface area contributed by atoms with Gasteiger partial charge < -0.3 is 24.8 Å². The van der Waals surface area contributed by atoms with Crippen LogP contribution in [0.4, 0.5) is 0 Å². The zero-order valence-corrected chi connectivity index (χ0v) is 9.00. The number of aliphatic hydroxyl groups is 3. The van der Waals surface area contributed by atoms with Crippen LogP contribution in [-0.4, -0.2) is 53.1 Å². The molecule has 0 aromatic rings. The van der Waals surface area contributed by atoms with Gasteiger partial charge in [0, 0.05) is 13.0 Å². The van der Waals surface area contributed by atoms with Crippen LogP contribution in [0.15, 0.2) is 0 Å². The molecule has 5 nitrogen and oxygen atoms in total. The molecule has 0 radical (unpaired) electrons. The third kappa shape index (κ3) is 3.70. The van der Waals surface area contributed by atoms with Crippen LogP contribution in [0.5, 0.6) is 0 Å². The fraction of sp³-hybridized carbons (Fsp3) is 1.00. The molecule has 0 amide bonds. The molecule has 15 heavy (non-hydrogen) atoms. The van der Waals surface area contributed by atoms with E-state index in [0.29, 0.717) is 6.61 Å². The molecule has 0 aromatic heterocycles. The predicted molar refractivity (Wildman–Crippen MR) is 53.2 cm³/mol. The summed E-state index contributed by atoms with van der Waals surface area (Å²) in [5.41, 5.74) is 0. The van der Waals surface area contributed by atoms with E-state index in [1.165, 1.54) is 0 Å². The summed E-state index contributed by atoms with van der Waals surface area (Å²) in [6.45, 7) is 2.31. The van der Waals surface area contributed by atoms with Crippen molar-refractivity contribution >= 4 is 0 Å². The summed E-state index contributed by atoms with van der Waals surface area (Å²) in [4.78, 5) is 0. The SMILES string of the molecule is CCCCO[C@@H]1C[C@@H](O)[C@H](O)[C@@H](CO)O1. The van der Waals surface area contributed by atoms with Crippen LogP contribution in [0.2, 0.25) is 0 Å². The van der Waals surface area contributed by atoms with Gasteiger partial charge in [-0.3, -0.25) is 0 Å². The van der Waals surface area contributed by atoms with Crippen LogP contribution in [-0.2, 0) is 9.47 Å². The summed E-state index contributed by atoms with van der Waals surface area (Å²) in [6.07, 6.45) is -0.971. The Morgan fingerprint density at radius 2 is 2.13 bits per heavy atom. The van der Waals surface area contributed by atoms with Gasteiger partial charge in [0.25, 0.3) is 0 Å². The minimum Gasteiger partial charge on any atom is -0.394 e. The molecule has 1 rings (SSSR count). The summed E-state index contributed by atoms with van der Waals surface area (Å²) in [6, 6.07) is 0. The highest BCUT2D eigenvalue weighted by molar-refractivity contribution is 4.82. The molecule has 0 saturated carbocycles. The van der Waals surface area contributed by atoms with Crippen molar-refractivity contribution in [1.29, 1.82) is 0 Å². The molecule has 1 aliphatic rings. The number of aliphatic hydroxyl groups excluding tert-OH is 3. The minimum absolute atomic E-state index is 0.251. The van der Waals surface area contributed by atoms with Crippen LogP contribution >= 0.6 is 0 Å². The van der Waals surface area contributed by atoms with Gasteiger partial charge in [0.2, 0.25) is 0 Å². The quantitative estimate of drug-likeness (QED) is 0.551. The average Bonchev–Trinajstić information content (AvgIpc) is 2.23. The number of unbranched alkanes of at least 4 members (excludes halogenated alkanes) is 1. The van der Waals surface area contributed by atoms with E-state index in [1.54, 1.807) is 0 Å². The van der Waals surface area contributed by atoms with Crippen molar-refractivity contribution in [1.82, 2.24) is 0 Å². The zero-order valence-electron chi connectivity index (χ0n) is 9.00. The van der Waals surface area contributed by atoms with E-state index < -0.39 is 24.6 Å². The molecule has 3 N–H and O–H groups in total. The number of hydrogen-bond acceptors (Lipinski definition) is 5. The fourth-order valence-corrected chi connectivity index (χ4v) is 1.53. The fourth-order valence-electron chi connectivity index (χ4n) is 1.53. The Hall–Kier alpha value is -0.200. The Balaban J connectivity index is 2.34. The maximum absolute atomic E-state index is 9.49. The number of ether oxygens (including phenoxy) is 2. The summed E-state index contributed by atoms with van der Waals surface area (Å²) in [7, 11) is 0. The van der Waals surface area contributed by atoms with Gasteiger partial charge in [0.05, 0.1) is 12.7 Å². The topological polar surface area (TPSA) is 79.2 Å². The first kappa shape index (κ1) is 12.9. The van der Waals surface area contributed by atoms with E-state index in [0.717, 1.165) is 12.8 Å². The maximum atomic E-state index is 9.49. The Morgan fingerprint density at radius 3 is 2.73 bits per heavy atom. The third-order valence-electron chi connectivity index (χ3n) is 2.52. The normalized spacial score (nSPS) is 36.8. The standard InChI is InChI=1S/C10H20O5/c1-2-3-4-14-9-5-7(12)10(13)8(6-11)15-9/h7-13H,2-6H2,1H3/t7-,8-,9+,10+/m1/s1. The van der Waals surface area contributed by atoms with Crippen molar-refractivity contribution < 1.29 is 24.8 Å². The van der Waals surface area contributed by atoms with Crippen LogP contribution in [0, 0.1) is 0 Å². The van der Waals surface area contributed by atoms with Crippen LogP contribution < -0.4 is 0 Å². The molecule has 1 fully saturated rings. The number of rotatable bonds is 5. The molecule has 4 atom stereocenters. The Bertz CT molecular complexity index is 175. The first-order valence-electron chi connectivity index (χ1n) is 5.43. The van der Waals surface area contributed by atoms with Crippen molar-refractivity contribution in [3.63, 3.8) is 0 Å². The zero-order chi connectivity index (χ0) is 11.3. The minimum atomic E-state index is -1.03. The van der Waals surface area contributed by atoms with Gasteiger partial charge >= 0.3 is 0 Å². The third-order valence-corrected chi connectivity index (χ3v) is 2.52. The molecular weight excluding hydrogens is 200 g/mol. The molecule has 0 aromatic carbocycles. The summed E-state index contributed by atoms with van der Waals surface area (Å²) in [5, 5.41) is 27.8. The molecule has 0 aliphatic carbocycles. The van der Waals surface area contributed by atoms with Crippen molar-refractivity contribution in [2.45, 2.75) is 50.8 Å². The number of hydrogen-bond donors (Lipinski definition) is 3. The highest BCUT2D eigenvalue weighted by atomic mass is 16.7. The highest BCUT2D eigenvalue weighted by Gasteiger charge is 2.36. The molecule has 0 bridgehead atoms. The van der Waals surface area contributed by atoms with Crippen molar-refractivity contribution in [3.05, 3.63) is 0 Å². The van der Waals surface area contributed by atoms with Crippen molar-refractivity contribution in [2.75, 3.05) is 13.2 Å². The van der Waals surface area contributed by atoms with Gasteiger partial charge in [-0.2, -0.15) is 0 Å². The lowest BCUT2D eigenvalue weighted by Crippen LogP contribution is -2.50. The molecule has 90 valence electrons. The van der Waals surface area contributed by atoms with Gasteiger partial charge in [0.15, 0.2) is 6.29 Å². The van der Waals surface area contributed by atoms with Gasteiger partial charge in [-0.05, 0) is 6.42 Å². The van der Waals surface area contributed by atoms with E-state index in [2.05, 4.69) is 6.92 Å². The van der Waals surface area contributed by atoms with E-state index in [9.17, 15) is 10.2 Å². The van der Waals surface area contributed by atoms with Crippen molar-refractivity contribution in [3.8, 4) is 0 Å². The molecule has 5 heteroatoms. The van der Waals surface area contributed by atoms with Crippen LogP contribution in [0.25, 0.3) is 0 Å².